The highest BCUT2D eigenvalue weighted by atomic mass is 19.4. The van der Waals surface area contributed by atoms with E-state index in [1.165, 1.54) is 19.2 Å². The highest BCUT2D eigenvalue weighted by molar-refractivity contribution is 6.11. The van der Waals surface area contributed by atoms with E-state index in [0.29, 0.717) is 11.3 Å². The molecule has 10 heteroatoms. The summed E-state index contributed by atoms with van der Waals surface area (Å²) < 4.78 is 39.6. The number of anilines is 2. The fourth-order valence-corrected chi connectivity index (χ4v) is 2.61. The van der Waals surface area contributed by atoms with Crippen LogP contribution in [0.15, 0.2) is 48.8 Å². The molecular formula is C19H14F3N5O2. The zero-order chi connectivity index (χ0) is 21.2. The minimum Gasteiger partial charge on any atom is -0.382 e. The van der Waals surface area contributed by atoms with E-state index >= 15 is 0 Å². The summed E-state index contributed by atoms with van der Waals surface area (Å²) in [5.41, 5.74) is 4.44. The molecule has 0 unspecified atom stereocenters. The van der Waals surface area contributed by atoms with Gasteiger partial charge in [0.25, 0.3) is 0 Å². The van der Waals surface area contributed by atoms with Crippen LogP contribution in [0.5, 0.6) is 0 Å². The van der Waals surface area contributed by atoms with Gasteiger partial charge >= 0.3 is 6.18 Å². The minimum absolute atomic E-state index is 0.201. The lowest BCUT2D eigenvalue weighted by Gasteiger charge is -2.12. The summed E-state index contributed by atoms with van der Waals surface area (Å²) in [7, 11) is 0. The van der Waals surface area contributed by atoms with Crippen LogP contribution in [0.3, 0.4) is 0 Å². The first-order valence-corrected chi connectivity index (χ1v) is 8.24. The third-order valence-corrected chi connectivity index (χ3v) is 3.82. The molecule has 2 heterocycles. The Kier molecular flexibility index (Phi) is 5.26. The number of nitrogen functional groups attached to an aromatic ring is 1. The predicted molar refractivity (Wildman–Crippen MR) is 98.9 cm³/mol. The highest BCUT2D eigenvalue weighted by Gasteiger charge is 2.37. The number of halogens is 3. The van der Waals surface area contributed by atoms with Crippen molar-refractivity contribution >= 4 is 23.2 Å². The number of rotatable bonds is 4. The summed E-state index contributed by atoms with van der Waals surface area (Å²) in [6, 6.07) is 8.73. The number of nitrogens with two attached hydrogens (primary N) is 1. The average Bonchev–Trinajstić information content (AvgIpc) is 2.67. The number of amides is 1. The molecule has 7 nitrogen and oxygen atoms in total. The minimum atomic E-state index is -4.82. The number of hydrogen-bond donors (Lipinski definition) is 2. The van der Waals surface area contributed by atoms with Crippen molar-refractivity contribution in [2.75, 3.05) is 11.1 Å². The Labute approximate surface area is 162 Å². The normalized spacial score (nSPS) is 11.2. The van der Waals surface area contributed by atoms with Gasteiger partial charge in [-0.05, 0) is 24.3 Å². The summed E-state index contributed by atoms with van der Waals surface area (Å²) >= 11 is 0. The van der Waals surface area contributed by atoms with Gasteiger partial charge in [-0.3, -0.25) is 14.6 Å². The molecule has 0 atom stereocenters. The van der Waals surface area contributed by atoms with Crippen LogP contribution in [0.25, 0.3) is 11.3 Å². The Hall–Kier alpha value is -3.82. The van der Waals surface area contributed by atoms with Gasteiger partial charge in [-0.25, -0.2) is 9.97 Å². The molecule has 0 saturated heterocycles. The lowest BCUT2D eigenvalue weighted by molar-refractivity contribution is -0.141. The quantitative estimate of drug-likeness (QED) is 0.649. The lowest BCUT2D eigenvalue weighted by Crippen LogP contribution is -2.18. The van der Waals surface area contributed by atoms with Crippen molar-refractivity contribution in [3.63, 3.8) is 0 Å². The van der Waals surface area contributed by atoms with Gasteiger partial charge in [0.1, 0.15) is 0 Å². The lowest BCUT2D eigenvalue weighted by atomic mass is 10.0. The summed E-state index contributed by atoms with van der Waals surface area (Å²) in [4.78, 5) is 35.3. The maximum atomic E-state index is 13.2. The number of nitrogens with zero attached hydrogens (tertiary/aromatic N) is 3. The van der Waals surface area contributed by atoms with E-state index in [1.54, 1.807) is 24.3 Å². The largest absolute Gasteiger partial charge is 0.434 e. The van der Waals surface area contributed by atoms with E-state index in [1.807, 2.05) is 0 Å². The van der Waals surface area contributed by atoms with Gasteiger partial charge in [-0.1, -0.05) is 12.1 Å². The second kappa shape index (κ2) is 7.66. The Bertz CT molecular complexity index is 1100. The maximum absolute atomic E-state index is 13.2. The molecule has 0 radical (unpaired) electrons. The Morgan fingerprint density at radius 2 is 1.86 bits per heavy atom. The third kappa shape index (κ3) is 4.37. The predicted octanol–water partition coefficient (Wildman–Crippen LogP) is 3.33. The number of pyridine rings is 1. The molecule has 0 spiro atoms. The van der Waals surface area contributed by atoms with Gasteiger partial charge < -0.3 is 11.1 Å². The zero-order valence-corrected chi connectivity index (χ0v) is 15.0. The van der Waals surface area contributed by atoms with Crippen molar-refractivity contribution in [3.8, 4) is 11.3 Å². The first-order chi connectivity index (χ1) is 13.7. The van der Waals surface area contributed by atoms with Crippen molar-refractivity contribution in [1.29, 1.82) is 0 Å². The Morgan fingerprint density at radius 3 is 2.55 bits per heavy atom. The maximum Gasteiger partial charge on any atom is 0.434 e. The second-order valence-electron chi connectivity index (χ2n) is 5.98. The first kappa shape index (κ1) is 19.9. The Morgan fingerprint density at radius 1 is 1.10 bits per heavy atom. The number of nitrogens with one attached hydrogen (secondary N) is 1. The molecule has 148 valence electrons. The number of carbonyl (C=O) groups is 2. The van der Waals surface area contributed by atoms with E-state index in [9.17, 15) is 22.8 Å². The van der Waals surface area contributed by atoms with Crippen molar-refractivity contribution < 1.29 is 22.8 Å². The standard InChI is InChI=1S/C19H14F3N5O2/c1-10(28)26-12-5-2-4-11(8-12)14-9-25-18(23)15(27-14)16(29)13-6-3-7-24-17(13)19(20,21)22/h2-9H,1H3,(H2,23,25)(H,26,28). The van der Waals surface area contributed by atoms with E-state index in [2.05, 4.69) is 20.3 Å². The van der Waals surface area contributed by atoms with Crippen LogP contribution in [-0.2, 0) is 11.0 Å². The fourth-order valence-electron chi connectivity index (χ4n) is 2.61. The van der Waals surface area contributed by atoms with Crippen molar-refractivity contribution in [2.45, 2.75) is 13.1 Å². The summed E-state index contributed by atoms with van der Waals surface area (Å²) in [6.45, 7) is 1.35. The molecule has 1 amide bonds. The van der Waals surface area contributed by atoms with Gasteiger partial charge in [-0.2, -0.15) is 13.2 Å². The van der Waals surface area contributed by atoms with Crippen molar-refractivity contribution in [3.05, 3.63) is 65.7 Å². The summed E-state index contributed by atoms with van der Waals surface area (Å²) in [6.07, 6.45) is -2.59. The first-order valence-electron chi connectivity index (χ1n) is 8.24. The molecule has 0 aliphatic heterocycles. The molecule has 2 aromatic heterocycles. The fraction of sp³-hybridized carbons (Fsp3) is 0.105. The van der Waals surface area contributed by atoms with Crippen LogP contribution in [0, 0.1) is 0 Å². The molecule has 3 rings (SSSR count). The SMILES string of the molecule is CC(=O)Nc1cccc(-c2cnc(N)c(C(=O)c3cccnc3C(F)(F)F)n2)c1. The van der Waals surface area contributed by atoms with E-state index in [0.717, 1.165) is 12.3 Å². The topological polar surface area (TPSA) is 111 Å². The number of ketones is 1. The smallest absolute Gasteiger partial charge is 0.382 e. The molecule has 29 heavy (non-hydrogen) atoms. The molecule has 3 N–H and O–H groups in total. The van der Waals surface area contributed by atoms with Gasteiger partial charge in [0.05, 0.1) is 17.5 Å². The third-order valence-electron chi connectivity index (χ3n) is 3.82. The molecule has 3 aromatic rings. The van der Waals surface area contributed by atoms with Gasteiger partial charge in [-0.15, -0.1) is 0 Å². The number of benzene rings is 1. The number of alkyl halides is 3. The van der Waals surface area contributed by atoms with E-state index in [4.69, 9.17) is 5.73 Å². The van der Waals surface area contributed by atoms with Crippen molar-refractivity contribution in [2.24, 2.45) is 0 Å². The van der Waals surface area contributed by atoms with Crippen LogP contribution in [0.4, 0.5) is 24.7 Å². The van der Waals surface area contributed by atoms with Crippen LogP contribution in [-0.4, -0.2) is 26.6 Å². The number of carbonyl (C=O) groups excluding carboxylic acids is 2. The molecule has 1 aromatic carbocycles. The van der Waals surface area contributed by atoms with Gasteiger partial charge in [0.2, 0.25) is 11.7 Å². The van der Waals surface area contributed by atoms with Crippen LogP contribution < -0.4 is 11.1 Å². The van der Waals surface area contributed by atoms with Crippen molar-refractivity contribution in [1.82, 2.24) is 15.0 Å². The number of hydrogen-bond acceptors (Lipinski definition) is 6. The highest BCUT2D eigenvalue weighted by Crippen LogP contribution is 2.31. The monoisotopic (exact) mass is 401 g/mol. The summed E-state index contributed by atoms with van der Waals surface area (Å²) in [5.74, 6) is -1.64. The molecule has 0 aliphatic carbocycles. The molecule has 0 fully saturated rings. The summed E-state index contributed by atoms with van der Waals surface area (Å²) in [5, 5.41) is 2.60. The van der Waals surface area contributed by atoms with Gasteiger partial charge in [0, 0.05) is 24.4 Å². The molecule has 0 saturated carbocycles. The molecular weight excluding hydrogens is 387 g/mol. The van der Waals surface area contributed by atoms with Crippen LogP contribution in [0.2, 0.25) is 0 Å². The molecule has 0 aliphatic rings. The molecule has 0 bridgehead atoms. The number of aromatic nitrogens is 3. The Balaban J connectivity index is 2.05. The van der Waals surface area contributed by atoms with Crippen LogP contribution >= 0.6 is 0 Å². The zero-order valence-electron chi connectivity index (χ0n) is 15.0. The average molecular weight is 401 g/mol. The van der Waals surface area contributed by atoms with E-state index < -0.39 is 28.9 Å². The van der Waals surface area contributed by atoms with Gasteiger partial charge in [0.15, 0.2) is 17.2 Å². The van der Waals surface area contributed by atoms with Crippen LogP contribution in [0.1, 0.15) is 28.7 Å². The van der Waals surface area contributed by atoms with E-state index in [-0.39, 0.29) is 17.4 Å². The second-order valence-corrected chi connectivity index (χ2v) is 5.98.